The minimum atomic E-state index is -1.83. The van der Waals surface area contributed by atoms with Crippen LogP contribution in [0, 0.1) is 0 Å². The van der Waals surface area contributed by atoms with Crippen LogP contribution >= 0.6 is 0 Å². The van der Waals surface area contributed by atoms with E-state index in [1.807, 2.05) is 0 Å². The zero-order valence-corrected chi connectivity index (χ0v) is 5.83. The second-order valence-electron chi connectivity index (χ2n) is 1.21. The molecule has 0 unspecified atom stereocenters. The zero-order valence-electron chi connectivity index (χ0n) is 5.83. The summed E-state index contributed by atoms with van der Waals surface area (Å²) >= 11 is 0. The molecule has 62 valence electrons. The molecule has 0 heterocycles. The van der Waals surface area contributed by atoms with Crippen molar-refractivity contribution >= 4 is 63.5 Å². The van der Waals surface area contributed by atoms with Gasteiger partial charge in [0.25, 0.3) is 0 Å². The molecule has 0 amide bonds. The summed E-state index contributed by atoms with van der Waals surface area (Å²) in [4.78, 5) is 18.4. The Morgan fingerprint density at radius 1 is 1.36 bits per heavy atom. The van der Waals surface area contributed by atoms with Crippen LogP contribution in [0.15, 0.2) is 0 Å². The Morgan fingerprint density at radius 3 is 1.64 bits per heavy atom. The number of ether oxygens (including phenoxy) is 1. The van der Waals surface area contributed by atoms with Crippen LogP contribution in [-0.2, 0) is 9.53 Å². The van der Waals surface area contributed by atoms with Crippen LogP contribution in [0.4, 0.5) is 4.79 Å². The van der Waals surface area contributed by atoms with Crippen LogP contribution in [0.5, 0.6) is 0 Å². The normalized spacial score (nSPS) is 6.36. The Morgan fingerprint density at radius 2 is 1.64 bits per heavy atom. The van der Waals surface area contributed by atoms with Gasteiger partial charge in [-0.15, -0.1) is 0 Å². The van der Waals surface area contributed by atoms with Crippen molar-refractivity contribution in [3.63, 3.8) is 0 Å². The fourth-order valence-corrected chi connectivity index (χ4v) is 0.203. The number of carbonyl (C=O) groups is 2. The molecule has 0 aromatic rings. The van der Waals surface area contributed by atoms with Crippen LogP contribution in [0.3, 0.4) is 0 Å². The molecule has 0 spiro atoms. The van der Waals surface area contributed by atoms with E-state index in [1.54, 1.807) is 6.92 Å². The Bertz CT molecular complexity index is 109. The van der Waals surface area contributed by atoms with Gasteiger partial charge in [0.15, 0.2) is 0 Å². The van der Waals surface area contributed by atoms with E-state index in [4.69, 9.17) is 15.0 Å². The summed E-state index contributed by atoms with van der Waals surface area (Å²) in [5.41, 5.74) is 0. The van der Waals surface area contributed by atoms with Gasteiger partial charge >= 0.3 is 63.5 Å². The zero-order chi connectivity index (χ0) is 8.57. The van der Waals surface area contributed by atoms with Gasteiger partial charge in [-0.05, 0) is 6.92 Å². The molecule has 11 heavy (non-hydrogen) atoms. The SMILES string of the molecule is CCOC(C)=O.O=C(O)O.[KH]. The van der Waals surface area contributed by atoms with E-state index in [2.05, 4.69) is 4.74 Å². The predicted octanol–water partition coefficient (Wildman–Crippen LogP) is 0.143. The van der Waals surface area contributed by atoms with Crippen LogP contribution < -0.4 is 0 Å². The quantitative estimate of drug-likeness (QED) is 0.454. The molecule has 0 aliphatic rings. The first-order valence-corrected chi connectivity index (χ1v) is 2.56. The standard InChI is InChI=1S/C4H8O2.CH2O3.K.H/c1-3-6-4(2)5;2-1(3)4;;/h3H2,1-2H3;(H2,2,3,4);;. The van der Waals surface area contributed by atoms with Crippen LogP contribution in [0.25, 0.3) is 0 Å². The number of hydrogen-bond donors (Lipinski definition) is 2. The Hall–Kier alpha value is 0.376. The second-order valence-corrected chi connectivity index (χ2v) is 1.21. The molecular formula is C5H11KO5. The van der Waals surface area contributed by atoms with Gasteiger partial charge in [-0.3, -0.25) is 4.79 Å². The predicted molar refractivity (Wildman–Crippen MR) is 40.1 cm³/mol. The average molecular weight is 190 g/mol. The van der Waals surface area contributed by atoms with E-state index in [-0.39, 0.29) is 57.4 Å². The van der Waals surface area contributed by atoms with Gasteiger partial charge in [0.05, 0.1) is 6.61 Å². The summed E-state index contributed by atoms with van der Waals surface area (Å²) in [6.07, 6.45) is -1.83. The van der Waals surface area contributed by atoms with Crippen molar-refractivity contribution in [3.8, 4) is 0 Å². The van der Waals surface area contributed by atoms with Crippen LogP contribution in [0.2, 0.25) is 0 Å². The van der Waals surface area contributed by atoms with Crippen molar-refractivity contribution in [1.82, 2.24) is 0 Å². The molecule has 6 heteroatoms. The molecule has 0 aliphatic heterocycles. The third-order valence-corrected chi connectivity index (χ3v) is 0.348. The number of carbonyl (C=O) groups excluding carboxylic acids is 1. The van der Waals surface area contributed by atoms with Gasteiger partial charge in [0.2, 0.25) is 0 Å². The monoisotopic (exact) mass is 190 g/mol. The molecule has 0 saturated carbocycles. The van der Waals surface area contributed by atoms with E-state index in [0.717, 1.165) is 0 Å². The molecule has 2 N–H and O–H groups in total. The molecule has 0 rings (SSSR count). The van der Waals surface area contributed by atoms with Gasteiger partial charge in [0, 0.05) is 6.92 Å². The Balaban J connectivity index is -0.000000114. The Labute approximate surface area is 107 Å². The summed E-state index contributed by atoms with van der Waals surface area (Å²) in [6, 6.07) is 0. The fourth-order valence-electron chi connectivity index (χ4n) is 0.203. The molecular weight excluding hydrogens is 179 g/mol. The van der Waals surface area contributed by atoms with Crippen LogP contribution in [0.1, 0.15) is 13.8 Å². The number of rotatable bonds is 1. The second kappa shape index (κ2) is 13.0. The molecule has 0 aromatic carbocycles. The molecule has 0 fully saturated rings. The van der Waals surface area contributed by atoms with E-state index < -0.39 is 6.16 Å². The number of hydrogen-bond acceptors (Lipinski definition) is 3. The van der Waals surface area contributed by atoms with E-state index >= 15 is 0 Å². The van der Waals surface area contributed by atoms with Gasteiger partial charge in [0.1, 0.15) is 0 Å². The van der Waals surface area contributed by atoms with E-state index in [1.165, 1.54) is 6.92 Å². The van der Waals surface area contributed by atoms with Crippen molar-refractivity contribution in [2.45, 2.75) is 13.8 Å². The maximum atomic E-state index is 9.82. The number of carboxylic acid groups (broad SMARTS) is 2. The summed E-state index contributed by atoms with van der Waals surface area (Å²) in [5.74, 6) is -0.211. The van der Waals surface area contributed by atoms with Gasteiger partial charge in [-0.2, -0.15) is 0 Å². The number of esters is 1. The van der Waals surface area contributed by atoms with E-state index in [9.17, 15) is 4.79 Å². The summed E-state index contributed by atoms with van der Waals surface area (Å²) < 4.78 is 4.40. The first kappa shape index (κ1) is 17.5. The van der Waals surface area contributed by atoms with E-state index in [0.29, 0.717) is 6.61 Å². The molecule has 0 aromatic heterocycles. The van der Waals surface area contributed by atoms with Gasteiger partial charge < -0.3 is 14.9 Å². The van der Waals surface area contributed by atoms with Gasteiger partial charge in [-0.1, -0.05) is 0 Å². The first-order chi connectivity index (χ1) is 4.50. The average Bonchev–Trinajstić information content (AvgIpc) is 1.62. The maximum absolute atomic E-state index is 9.82. The minimum absolute atomic E-state index is 0. The summed E-state index contributed by atoms with van der Waals surface area (Å²) in [5, 5.41) is 13.9. The van der Waals surface area contributed by atoms with Crippen molar-refractivity contribution in [2.75, 3.05) is 6.61 Å². The molecule has 0 saturated heterocycles. The molecule has 0 aliphatic carbocycles. The Kier molecular flexibility index (Phi) is 20.6. The third-order valence-electron chi connectivity index (χ3n) is 0.348. The first-order valence-electron chi connectivity index (χ1n) is 2.56. The molecule has 0 atom stereocenters. The third kappa shape index (κ3) is 63.9. The fraction of sp³-hybridized carbons (Fsp3) is 0.600. The van der Waals surface area contributed by atoms with Crippen molar-refractivity contribution in [2.24, 2.45) is 0 Å². The summed E-state index contributed by atoms with van der Waals surface area (Å²) in [7, 11) is 0. The van der Waals surface area contributed by atoms with Crippen molar-refractivity contribution in [1.29, 1.82) is 0 Å². The topological polar surface area (TPSA) is 83.8 Å². The molecule has 0 radical (unpaired) electrons. The van der Waals surface area contributed by atoms with Crippen molar-refractivity contribution in [3.05, 3.63) is 0 Å². The van der Waals surface area contributed by atoms with Crippen molar-refractivity contribution < 1.29 is 24.5 Å². The molecule has 0 bridgehead atoms. The molecule has 5 nitrogen and oxygen atoms in total. The summed E-state index contributed by atoms with van der Waals surface area (Å²) in [6.45, 7) is 3.65. The van der Waals surface area contributed by atoms with Gasteiger partial charge in [-0.25, -0.2) is 4.79 Å². The van der Waals surface area contributed by atoms with Crippen LogP contribution in [-0.4, -0.2) is 80.3 Å².